The molecule has 2 aromatic heterocycles. The van der Waals surface area contributed by atoms with Crippen LogP contribution in [0.2, 0.25) is 0 Å². The van der Waals surface area contributed by atoms with E-state index >= 15 is 0 Å². The van der Waals surface area contributed by atoms with E-state index in [2.05, 4.69) is 20.2 Å². The van der Waals surface area contributed by atoms with Crippen LogP contribution < -0.4 is 10.3 Å². The van der Waals surface area contributed by atoms with E-state index in [1.165, 1.54) is 4.90 Å². The molecule has 10 nitrogen and oxygen atoms in total. The number of carbonyl (C=O) groups excluding carboxylic acids is 2. The topological polar surface area (TPSA) is 130 Å². The Morgan fingerprint density at radius 3 is 2.79 bits per heavy atom. The van der Waals surface area contributed by atoms with Gasteiger partial charge in [-0.3, -0.25) is 14.7 Å². The second kappa shape index (κ2) is 10.1. The molecule has 0 bridgehead atoms. The largest absolute Gasteiger partial charge is 0.483 e. The van der Waals surface area contributed by atoms with Crippen molar-refractivity contribution in [1.29, 1.82) is 0 Å². The molecule has 10 heteroatoms. The first-order chi connectivity index (χ1) is 16.4. The Kier molecular flexibility index (Phi) is 6.95. The Labute approximate surface area is 196 Å². The molecule has 3 aromatic rings. The molecule has 1 unspecified atom stereocenters. The van der Waals surface area contributed by atoms with Crippen molar-refractivity contribution in [2.75, 3.05) is 19.8 Å². The molecule has 0 saturated carbocycles. The van der Waals surface area contributed by atoms with E-state index in [1.807, 2.05) is 32.0 Å². The number of rotatable bonds is 8. The van der Waals surface area contributed by atoms with E-state index in [4.69, 9.17) is 9.47 Å². The average Bonchev–Trinajstić information content (AvgIpc) is 3.46. The Morgan fingerprint density at radius 1 is 1.24 bits per heavy atom. The zero-order valence-electron chi connectivity index (χ0n) is 19.6. The summed E-state index contributed by atoms with van der Waals surface area (Å²) in [6, 6.07) is 6.74. The molecule has 1 amide bonds. The summed E-state index contributed by atoms with van der Waals surface area (Å²) >= 11 is 0. The molecule has 2 N–H and O–H groups in total. The number of ether oxygens (including phenoxy) is 2. The van der Waals surface area contributed by atoms with Crippen molar-refractivity contribution in [2.24, 2.45) is 0 Å². The van der Waals surface area contributed by atoms with Gasteiger partial charge in [0.2, 0.25) is 0 Å². The lowest BCUT2D eigenvalue weighted by atomic mass is 10.1. The van der Waals surface area contributed by atoms with Gasteiger partial charge in [-0.2, -0.15) is 5.10 Å². The average molecular weight is 468 g/mol. The number of aromatic amines is 2. The third-order valence-corrected chi connectivity index (χ3v) is 5.88. The summed E-state index contributed by atoms with van der Waals surface area (Å²) in [7, 11) is 0. The van der Waals surface area contributed by atoms with E-state index in [0.29, 0.717) is 36.5 Å². The highest BCUT2D eigenvalue weighted by molar-refractivity contribution is 5.86. The maximum atomic E-state index is 12.8. The zero-order valence-corrected chi connectivity index (χ0v) is 19.6. The third-order valence-electron chi connectivity index (χ3n) is 5.88. The van der Waals surface area contributed by atoms with Crippen LogP contribution >= 0.6 is 0 Å². The van der Waals surface area contributed by atoms with Crippen LogP contribution in [0.3, 0.4) is 0 Å². The molecule has 1 saturated heterocycles. The Balaban J connectivity index is 1.50. The predicted octanol–water partition coefficient (Wildman–Crippen LogP) is 2.29. The molecule has 180 valence electrons. The summed E-state index contributed by atoms with van der Waals surface area (Å²) in [5.41, 5.74) is 2.11. The molecule has 0 radical (unpaired) electrons. The summed E-state index contributed by atoms with van der Waals surface area (Å²) in [5, 5.41) is 6.99. The van der Waals surface area contributed by atoms with Crippen molar-refractivity contribution in [3.63, 3.8) is 0 Å². The normalized spacial score (nSPS) is 15.8. The van der Waals surface area contributed by atoms with Gasteiger partial charge in [0.15, 0.2) is 12.1 Å². The van der Waals surface area contributed by atoms with Gasteiger partial charge < -0.3 is 19.4 Å². The number of fused-ring (bicyclic) bond motifs is 1. The number of carbonyl (C=O) groups is 2. The van der Waals surface area contributed by atoms with Crippen LogP contribution in [-0.4, -0.2) is 62.7 Å². The molecule has 1 aliphatic rings. The molecule has 1 atom stereocenters. The Bertz CT molecular complexity index is 1250. The fraction of sp³-hybridized carbons (Fsp3) is 0.458. The number of para-hydroxylation sites is 1. The number of amides is 1. The van der Waals surface area contributed by atoms with Crippen LogP contribution in [0.15, 0.2) is 29.1 Å². The van der Waals surface area contributed by atoms with Crippen LogP contribution in [0.4, 0.5) is 0 Å². The maximum absolute atomic E-state index is 12.8. The predicted molar refractivity (Wildman–Crippen MR) is 125 cm³/mol. The zero-order chi connectivity index (χ0) is 24.2. The SMILES string of the molecule is CCOC(=O)C1CCCN1C(=O)COc1ccccc1Cc1nc2c(C(C)C)[nH]nc2c(=O)[nH]1. The Hall–Kier alpha value is -3.69. The highest BCUT2D eigenvalue weighted by atomic mass is 16.5. The van der Waals surface area contributed by atoms with E-state index < -0.39 is 6.04 Å². The van der Waals surface area contributed by atoms with Gasteiger partial charge in [0, 0.05) is 18.5 Å². The van der Waals surface area contributed by atoms with E-state index in [9.17, 15) is 14.4 Å². The van der Waals surface area contributed by atoms with Crippen molar-refractivity contribution in [3.8, 4) is 5.75 Å². The van der Waals surface area contributed by atoms with Crippen LogP contribution in [0, 0.1) is 0 Å². The minimum atomic E-state index is -0.558. The number of hydrogen-bond acceptors (Lipinski definition) is 7. The number of H-pyrrole nitrogens is 2. The van der Waals surface area contributed by atoms with Gasteiger partial charge in [0.1, 0.15) is 23.1 Å². The van der Waals surface area contributed by atoms with Gasteiger partial charge in [0.05, 0.1) is 12.3 Å². The monoisotopic (exact) mass is 467 g/mol. The number of esters is 1. The number of benzene rings is 1. The van der Waals surface area contributed by atoms with Gasteiger partial charge in [-0.25, -0.2) is 9.78 Å². The van der Waals surface area contributed by atoms with Crippen molar-refractivity contribution < 1.29 is 19.1 Å². The van der Waals surface area contributed by atoms with Gasteiger partial charge >= 0.3 is 5.97 Å². The Morgan fingerprint density at radius 2 is 2.03 bits per heavy atom. The number of nitrogens with one attached hydrogen (secondary N) is 2. The van der Waals surface area contributed by atoms with Crippen molar-refractivity contribution in [3.05, 3.63) is 51.7 Å². The summed E-state index contributed by atoms with van der Waals surface area (Å²) in [4.78, 5) is 46.4. The lowest BCUT2D eigenvalue weighted by Crippen LogP contribution is -2.43. The van der Waals surface area contributed by atoms with Gasteiger partial charge in [-0.15, -0.1) is 0 Å². The van der Waals surface area contributed by atoms with Crippen molar-refractivity contribution in [1.82, 2.24) is 25.1 Å². The molecular formula is C24H29N5O5. The quantitative estimate of drug-likeness (QED) is 0.486. The van der Waals surface area contributed by atoms with E-state index in [-0.39, 0.29) is 42.1 Å². The van der Waals surface area contributed by atoms with Crippen LogP contribution in [-0.2, 0) is 20.7 Å². The minimum absolute atomic E-state index is 0.137. The van der Waals surface area contributed by atoms with Gasteiger partial charge in [0.25, 0.3) is 11.5 Å². The second-order valence-corrected chi connectivity index (χ2v) is 8.57. The highest BCUT2D eigenvalue weighted by Gasteiger charge is 2.35. The first-order valence-corrected chi connectivity index (χ1v) is 11.5. The van der Waals surface area contributed by atoms with E-state index in [0.717, 1.165) is 17.7 Å². The molecule has 1 aliphatic heterocycles. The third kappa shape index (κ3) is 4.80. The fourth-order valence-corrected chi connectivity index (χ4v) is 4.20. The lowest BCUT2D eigenvalue weighted by molar-refractivity contribution is -0.153. The highest BCUT2D eigenvalue weighted by Crippen LogP contribution is 2.24. The van der Waals surface area contributed by atoms with Crippen LogP contribution in [0.25, 0.3) is 11.0 Å². The molecule has 0 spiro atoms. The number of hydrogen-bond donors (Lipinski definition) is 2. The van der Waals surface area contributed by atoms with Gasteiger partial charge in [-0.05, 0) is 31.7 Å². The summed E-state index contributed by atoms with van der Waals surface area (Å²) in [6.07, 6.45) is 1.65. The molecular weight excluding hydrogens is 438 g/mol. The molecule has 1 aromatic carbocycles. The smallest absolute Gasteiger partial charge is 0.328 e. The standard InChI is InChI=1S/C24H29N5O5/c1-4-33-24(32)16-9-7-11-29(16)19(30)13-34-17-10-6-5-8-15(17)12-18-25-21-20(14(2)3)27-28-22(21)23(31)26-18/h5-6,8,10,14,16H,4,7,9,11-13H2,1-3H3,(H,27,28)(H,25,26,31). The summed E-state index contributed by atoms with van der Waals surface area (Å²) in [5.74, 6) is 0.488. The molecule has 3 heterocycles. The first kappa shape index (κ1) is 23.5. The lowest BCUT2D eigenvalue weighted by Gasteiger charge is -2.23. The molecule has 4 rings (SSSR count). The number of nitrogens with zero attached hydrogens (tertiary/aromatic N) is 3. The number of aromatic nitrogens is 4. The molecule has 34 heavy (non-hydrogen) atoms. The summed E-state index contributed by atoms with van der Waals surface area (Å²) in [6.45, 7) is 6.33. The van der Waals surface area contributed by atoms with Crippen molar-refractivity contribution in [2.45, 2.75) is 52.0 Å². The summed E-state index contributed by atoms with van der Waals surface area (Å²) < 4.78 is 11.0. The number of likely N-dealkylation sites (tertiary alicyclic amines) is 1. The second-order valence-electron chi connectivity index (χ2n) is 8.57. The van der Waals surface area contributed by atoms with E-state index in [1.54, 1.807) is 13.0 Å². The van der Waals surface area contributed by atoms with Crippen molar-refractivity contribution >= 4 is 22.9 Å². The minimum Gasteiger partial charge on any atom is -0.483 e. The molecule has 0 aliphatic carbocycles. The van der Waals surface area contributed by atoms with Crippen LogP contribution in [0.5, 0.6) is 5.75 Å². The maximum Gasteiger partial charge on any atom is 0.328 e. The van der Waals surface area contributed by atoms with Gasteiger partial charge in [-0.1, -0.05) is 32.0 Å². The van der Waals surface area contributed by atoms with Crippen LogP contribution in [0.1, 0.15) is 56.6 Å². The molecule has 1 fully saturated rings. The fourth-order valence-electron chi connectivity index (χ4n) is 4.20. The first-order valence-electron chi connectivity index (χ1n) is 11.5.